The Morgan fingerprint density at radius 2 is 0.741 bits per heavy atom. The van der Waals surface area contributed by atoms with Gasteiger partial charge in [0.1, 0.15) is 0 Å². The van der Waals surface area contributed by atoms with Gasteiger partial charge in [-0.15, -0.1) is 0 Å². The summed E-state index contributed by atoms with van der Waals surface area (Å²) in [5.74, 6) is 0. The van der Waals surface area contributed by atoms with E-state index >= 15 is 0 Å². The molecule has 0 amide bonds. The molecule has 2 heterocycles. The van der Waals surface area contributed by atoms with Crippen molar-refractivity contribution in [3.63, 3.8) is 0 Å². The first kappa shape index (κ1) is 24.4. The summed E-state index contributed by atoms with van der Waals surface area (Å²) >= 11 is 0. The standard InChI is InChI=1S/2C11H9N.2CH3.Ir/c2*1-2-6-10(7-3-1)11-8-4-5-9-12-11;;;/h2*1-9H;2*1H3;/q;;2*-1;. The van der Waals surface area contributed by atoms with Crippen molar-refractivity contribution in [1.82, 2.24) is 9.97 Å². The second kappa shape index (κ2) is 13.6. The van der Waals surface area contributed by atoms with Crippen LogP contribution in [-0.4, -0.2) is 9.97 Å². The van der Waals surface area contributed by atoms with Crippen molar-refractivity contribution in [2.45, 2.75) is 0 Å². The molecule has 2 nitrogen and oxygen atoms in total. The number of benzene rings is 2. The summed E-state index contributed by atoms with van der Waals surface area (Å²) in [6.45, 7) is 0. The summed E-state index contributed by atoms with van der Waals surface area (Å²) in [4.78, 5) is 8.50. The Morgan fingerprint density at radius 3 is 1.04 bits per heavy atom. The van der Waals surface area contributed by atoms with Crippen LogP contribution in [0.5, 0.6) is 0 Å². The monoisotopic (exact) mass is 533 g/mol. The maximum Gasteiger partial charge on any atom is 0.0701 e. The smallest absolute Gasteiger partial charge is 0.0701 e. The van der Waals surface area contributed by atoms with Crippen molar-refractivity contribution >= 4 is 0 Å². The summed E-state index contributed by atoms with van der Waals surface area (Å²) in [5, 5.41) is 0. The molecule has 2 aromatic carbocycles. The zero-order valence-electron chi connectivity index (χ0n) is 15.6. The Kier molecular flexibility index (Phi) is 12.3. The minimum absolute atomic E-state index is 0. The normalized spacial score (nSPS) is 8.59. The van der Waals surface area contributed by atoms with Crippen LogP contribution < -0.4 is 0 Å². The summed E-state index contributed by atoms with van der Waals surface area (Å²) in [5.41, 5.74) is 4.38. The molecule has 27 heavy (non-hydrogen) atoms. The number of rotatable bonds is 2. The second-order valence-corrected chi connectivity index (χ2v) is 5.16. The number of pyridine rings is 2. The Labute approximate surface area is 176 Å². The average molecular weight is 533 g/mol. The predicted octanol–water partition coefficient (Wildman–Crippen LogP) is 6.40. The van der Waals surface area contributed by atoms with Gasteiger partial charge in [-0.05, 0) is 24.3 Å². The molecule has 0 aliphatic rings. The average Bonchev–Trinajstić information content (AvgIpc) is 2.71. The van der Waals surface area contributed by atoms with Gasteiger partial charge in [0.05, 0.1) is 11.4 Å². The largest absolute Gasteiger partial charge is 0.358 e. The van der Waals surface area contributed by atoms with Gasteiger partial charge in [-0.25, -0.2) is 0 Å². The van der Waals surface area contributed by atoms with Gasteiger partial charge in [-0.1, -0.05) is 72.8 Å². The van der Waals surface area contributed by atoms with Gasteiger partial charge in [0.25, 0.3) is 0 Å². The summed E-state index contributed by atoms with van der Waals surface area (Å²) in [7, 11) is 0. The van der Waals surface area contributed by atoms with Crippen LogP contribution in [-0.2, 0) is 20.1 Å². The van der Waals surface area contributed by atoms with Gasteiger partial charge in [0.15, 0.2) is 0 Å². The van der Waals surface area contributed by atoms with E-state index in [0.29, 0.717) is 0 Å². The Bertz CT molecular complexity index is 686. The number of nitrogens with zero attached hydrogens (tertiary/aromatic N) is 2. The van der Waals surface area contributed by atoms with Crippen LogP contribution in [0.3, 0.4) is 0 Å². The van der Waals surface area contributed by atoms with E-state index in [9.17, 15) is 0 Å². The van der Waals surface area contributed by atoms with Gasteiger partial charge in [0.2, 0.25) is 0 Å². The molecule has 0 unspecified atom stereocenters. The molecule has 0 spiro atoms. The first-order valence-corrected chi connectivity index (χ1v) is 7.86. The molecule has 141 valence electrons. The van der Waals surface area contributed by atoms with E-state index in [4.69, 9.17) is 0 Å². The van der Waals surface area contributed by atoms with E-state index in [1.54, 1.807) is 0 Å². The molecule has 3 heteroatoms. The summed E-state index contributed by atoms with van der Waals surface area (Å²) in [6, 6.07) is 32.2. The fourth-order valence-corrected chi connectivity index (χ4v) is 2.28. The topological polar surface area (TPSA) is 25.8 Å². The maximum absolute atomic E-state index is 4.25. The fourth-order valence-electron chi connectivity index (χ4n) is 2.28. The van der Waals surface area contributed by atoms with Crippen molar-refractivity contribution in [1.29, 1.82) is 0 Å². The molecule has 0 N–H and O–H groups in total. The molecule has 0 saturated heterocycles. The summed E-state index contributed by atoms with van der Waals surface area (Å²) < 4.78 is 0. The molecule has 2 aromatic heterocycles. The fraction of sp³-hybridized carbons (Fsp3) is 0. The first-order valence-electron chi connectivity index (χ1n) is 7.86. The molecular weight excluding hydrogens is 508 g/mol. The third-order valence-electron chi connectivity index (χ3n) is 3.47. The third-order valence-corrected chi connectivity index (χ3v) is 3.47. The van der Waals surface area contributed by atoms with Gasteiger partial charge < -0.3 is 14.9 Å². The van der Waals surface area contributed by atoms with Crippen LogP contribution in [0.4, 0.5) is 0 Å². The maximum atomic E-state index is 4.25. The second-order valence-electron chi connectivity index (χ2n) is 5.16. The van der Waals surface area contributed by atoms with Gasteiger partial charge in [-0.2, -0.15) is 0 Å². The summed E-state index contributed by atoms with van der Waals surface area (Å²) in [6.07, 6.45) is 3.62. The van der Waals surface area contributed by atoms with Gasteiger partial charge in [0, 0.05) is 43.6 Å². The minimum atomic E-state index is 0. The molecule has 0 aliphatic carbocycles. The van der Waals surface area contributed by atoms with E-state index in [0.717, 1.165) is 22.5 Å². The van der Waals surface area contributed by atoms with E-state index in [1.807, 2.05) is 85.2 Å². The quantitative estimate of drug-likeness (QED) is 0.280. The molecule has 0 atom stereocenters. The zero-order valence-corrected chi connectivity index (χ0v) is 18.0. The minimum Gasteiger partial charge on any atom is -0.358 e. The van der Waals surface area contributed by atoms with Crippen LogP contribution >= 0.6 is 0 Å². The van der Waals surface area contributed by atoms with E-state index in [1.165, 1.54) is 0 Å². The molecule has 0 aliphatic heterocycles. The predicted molar refractivity (Wildman–Crippen MR) is 112 cm³/mol. The SMILES string of the molecule is [CH3-].[CH3-].[Ir].c1ccc(-c2ccccn2)cc1.c1ccc(-c2ccccn2)cc1. The number of hydrogen-bond donors (Lipinski definition) is 0. The van der Waals surface area contributed by atoms with E-state index < -0.39 is 0 Å². The van der Waals surface area contributed by atoms with Crippen molar-refractivity contribution in [2.24, 2.45) is 0 Å². The van der Waals surface area contributed by atoms with Crippen LogP contribution in [0.1, 0.15) is 0 Å². The van der Waals surface area contributed by atoms with Crippen molar-refractivity contribution in [3.8, 4) is 22.5 Å². The molecular formula is C24H24IrN2-2. The van der Waals surface area contributed by atoms with Crippen LogP contribution in [0.25, 0.3) is 22.5 Å². The van der Waals surface area contributed by atoms with E-state index in [2.05, 4.69) is 34.2 Å². The molecule has 1 radical (unpaired) electrons. The molecule has 0 bridgehead atoms. The van der Waals surface area contributed by atoms with Crippen molar-refractivity contribution < 1.29 is 20.1 Å². The van der Waals surface area contributed by atoms with E-state index in [-0.39, 0.29) is 35.0 Å². The number of hydrogen-bond acceptors (Lipinski definition) is 2. The van der Waals surface area contributed by atoms with Crippen LogP contribution in [0.15, 0.2) is 109 Å². The Balaban J connectivity index is 0.000000451. The first-order chi connectivity index (χ1) is 11.9. The van der Waals surface area contributed by atoms with Crippen molar-refractivity contribution in [3.05, 3.63) is 124 Å². The van der Waals surface area contributed by atoms with Crippen molar-refractivity contribution in [2.75, 3.05) is 0 Å². The molecule has 4 rings (SSSR count). The van der Waals surface area contributed by atoms with Gasteiger partial charge >= 0.3 is 0 Å². The molecule has 4 aromatic rings. The Morgan fingerprint density at radius 1 is 0.407 bits per heavy atom. The third kappa shape index (κ3) is 7.65. The zero-order chi connectivity index (χ0) is 16.5. The Hall–Kier alpha value is -2.61. The number of aromatic nitrogens is 2. The van der Waals surface area contributed by atoms with Crippen LogP contribution in [0, 0.1) is 14.9 Å². The molecule has 0 fully saturated rings. The van der Waals surface area contributed by atoms with Gasteiger partial charge in [-0.3, -0.25) is 9.97 Å². The molecule has 0 saturated carbocycles. The van der Waals surface area contributed by atoms with Crippen LogP contribution in [0.2, 0.25) is 0 Å².